The Bertz CT molecular complexity index is 786. The number of nitrogens with one attached hydrogen (secondary N) is 1. The average Bonchev–Trinajstić information content (AvgIpc) is 3.24. The van der Waals surface area contributed by atoms with Crippen molar-refractivity contribution in [3.63, 3.8) is 0 Å². The van der Waals surface area contributed by atoms with Gasteiger partial charge in [-0.3, -0.25) is 4.79 Å². The van der Waals surface area contributed by atoms with Gasteiger partial charge in [0.2, 0.25) is 10.0 Å². The molecule has 0 spiro atoms. The molecule has 3 rings (SSSR count). The van der Waals surface area contributed by atoms with Crippen molar-refractivity contribution in [1.82, 2.24) is 14.2 Å². The van der Waals surface area contributed by atoms with E-state index in [2.05, 4.69) is 26.1 Å². The van der Waals surface area contributed by atoms with E-state index in [1.165, 1.54) is 16.8 Å². The molecule has 2 fully saturated rings. The zero-order valence-corrected chi connectivity index (χ0v) is 17.8. The lowest BCUT2D eigenvalue weighted by molar-refractivity contribution is 0.0822. The van der Waals surface area contributed by atoms with Crippen molar-refractivity contribution >= 4 is 15.9 Å². The third-order valence-electron chi connectivity index (χ3n) is 6.11. The summed E-state index contributed by atoms with van der Waals surface area (Å²) >= 11 is 0. The van der Waals surface area contributed by atoms with Crippen LogP contribution in [0.1, 0.15) is 69.8 Å². The average molecular weight is 396 g/mol. The molecule has 1 aromatic rings. The van der Waals surface area contributed by atoms with Crippen LogP contribution in [0.25, 0.3) is 0 Å². The number of aromatic nitrogens is 1. The summed E-state index contributed by atoms with van der Waals surface area (Å²) in [5, 5.41) is 3.20. The SMILES string of the molecule is Cn1cc(S(=O)(=O)N2CCCC2)cc1C(=O)NC1CCCCC1C(C)(C)C. The fraction of sp³-hybridized carbons (Fsp3) is 0.750. The molecule has 2 aliphatic rings. The number of rotatable bonds is 4. The summed E-state index contributed by atoms with van der Waals surface area (Å²) in [5.74, 6) is 0.254. The standard InChI is InChI=1S/C20H33N3O3S/c1-20(2,3)16-9-5-6-10-17(16)21-19(24)18-13-15(14-22(18)4)27(25,26)23-11-7-8-12-23/h13-14,16-17H,5-12H2,1-4H3,(H,21,24). The van der Waals surface area contributed by atoms with Gasteiger partial charge in [-0.1, -0.05) is 33.6 Å². The van der Waals surface area contributed by atoms with E-state index in [9.17, 15) is 13.2 Å². The minimum Gasteiger partial charge on any atom is -0.348 e. The molecule has 0 aromatic carbocycles. The van der Waals surface area contributed by atoms with Crippen molar-refractivity contribution in [1.29, 1.82) is 0 Å². The molecule has 1 saturated carbocycles. The number of aryl methyl sites for hydroxylation is 1. The predicted molar refractivity (Wildman–Crippen MR) is 106 cm³/mol. The van der Waals surface area contributed by atoms with Crippen LogP contribution in [-0.2, 0) is 17.1 Å². The fourth-order valence-corrected chi connectivity index (χ4v) is 6.15. The lowest BCUT2D eigenvalue weighted by Gasteiger charge is -2.40. The molecular weight excluding hydrogens is 362 g/mol. The zero-order valence-electron chi connectivity index (χ0n) is 17.0. The predicted octanol–water partition coefficient (Wildman–Crippen LogP) is 3.14. The first kappa shape index (κ1) is 20.4. The van der Waals surface area contributed by atoms with Crippen molar-refractivity contribution < 1.29 is 13.2 Å². The van der Waals surface area contributed by atoms with Crippen molar-refractivity contribution in [3.05, 3.63) is 18.0 Å². The Hall–Kier alpha value is -1.34. The number of sulfonamides is 1. The van der Waals surface area contributed by atoms with Gasteiger partial charge in [0.25, 0.3) is 5.91 Å². The molecular formula is C20H33N3O3S. The van der Waals surface area contributed by atoms with E-state index in [1.54, 1.807) is 17.8 Å². The highest BCUT2D eigenvalue weighted by Gasteiger charge is 2.36. The van der Waals surface area contributed by atoms with Crippen molar-refractivity contribution in [2.45, 2.75) is 70.2 Å². The smallest absolute Gasteiger partial charge is 0.268 e. The highest BCUT2D eigenvalue weighted by molar-refractivity contribution is 7.89. The Morgan fingerprint density at radius 2 is 1.74 bits per heavy atom. The Morgan fingerprint density at radius 3 is 2.37 bits per heavy atom. The summed E-state index contributed by atoms with van der Waals surface area (Å²) in [5.41, 5.74) is 0.544. The van der Waals surface area contributed by atoms with Gasteiger partial charge in [0.1, 0.15) is 10.6 Å². The first-order valence-corrected chi connectivity index (χ1v) is 11.5. The van der Waals surface area contributed by atoms with Gasteiger partial charge < -0.3 is 9.88 Å². The minimum atomic E-state index is -3.51. The van der Waals surface area contributed by atoms with E-state index in [-0.39, 0.29) is 22.3 Å². The molecule has 0 bridgehead atoms. The molecule has 1 N–H and O–H groups in total. The Morgan fingerprint density at radius 1 is 1.11 bits per heavy atom. The zero-order chi connectivity index (χ0) is 19.8. The highest BCUT2D eigenvalue weighted by atomic mass is 32.2. The molecule has 7 heteroatoms. The number of hydrogen-bond donors (Lipinski definition) is 1. The molecule has 1 aliphatic carbocycles. The van der Waals surface area contributed by atoms with Gasteiger partial charge >= 0.3 is 0 Å². The van der Waals surface area contributed by atoms with E-state index in [4.69, 9.17) is 0 Å². The lowest BCUT2D eigenvalue weighted by Crippen LogP contribution is -2.47. The van der Waals surface area contributed by atoms with Crippen LogP contribution in [0, 0.1) is 11.3 Å². The molecule has 1 amide bonds. The van der Waals surface area contributed by atoms with Crippen LogP contribution < -0.4 is 5.32 Å². The summed E-state index contributed by atoms with van der Waals surface area (Å²) in [6, 6.07) is 1.66. The monoisotopic (exact) mass is 395 g/mol. The van der Waals surface area contributed by atoms with Crippen LogP contribution in [0.2, 0.25) is 0 Å². The van der Waals surface area contributed by atoms with Crippen molar-refractivity contribution in [3.8, 4) is 0 Å². The maximum Gasteiger partial charge on any atom is 0.268 e. The van der Waals surface area contributed by atoms with Crippen LogP contribution in [0.15, 0.2) is 17.2 Å². The second-order valence-corrected chi connectivity index (χ2v) is 11.1. The van der Waals surface area contributed by atoms with Crippen LogP contribution in [0.4, 0.5) is 0 Å². The maximum atomic E-state index is 12.9. The van der Waals surface area contributed by atoms with E-state index in [0.717, 1.165) is 32.1 Å². The first-order valence-electron chi connectivity index (χ1n) is 10.1. The van der Waals surface area contributed by atoms with E-state index < -0.39 is 10.0 Å². The first-order chi connectivity index (χ1) is 12.6. The second kappa shape index (κ2) is 7.59. The molecule has 1 aliphatic heterocycles. The summed E-state index contributed by atoms with van der Waals surface area (Å²) in [6.45, 7) is 7.81. The molecule has 27 heavy (non-hydrogen) atoms. The lowest BCUT2D eigenvalue weighted by atomic mass is 9.69. The van der Waals surface area contributed by atoms with E-state index in [1.807, 2.05) is 0 Å². The van der Waals surface area contributed by atoms with Crippen LogP contribution in [0.5, 0.6) is 0 Å². The van der Waals surface area contributed by atoms with Gasteiger partial charge in [0.15, 0.2) is 0 Å². The van der Waals surface area contributed by atoms with Crippen LogP contribution >= 0.6 is 0 Å². The van der Waals surface area contributed by atoms with Crippen molar-refractivity contribution in [2.24, 2.45) is 18.4 Å². The van der Waals surface area contributed by atoms with Gasteiger partial charge in [-0.15, -0.1) is 0 Å². The second-order valence-electron chi connectivity index (χ2n) is 9.12. The topological polar surface area (TPSA) is 71.4 Å². The molecule has 2 atom stereocenters. The molecule has 2 heterocycles. The van der Waals surface area contributed by atoms with E-state index >= 15 is 0 Å². The van der Waals surface area contributed by atoms with Crippen molar-refractivity contribution in [2.75, 3.05) is 13.1 Å². The third kappa shape index (κ3) is 4.24. The van der Waals surface area contributed by atoms with Crippen LogP contribution in [-0.4, -0.2) is 42.3 Å². The van der Waals surface area contributed by atoms with Gasteiger partial charge in [-0.2, -0.15) is 4.31 Å². The molecule has 2 unspecified atom stereocenters. The summed E-state index contributed by atoms with van der Waals surface area (Å²) in [4.78, 5) is 13.1. The molecule has 1 aromatic heterocycles. The summed E-state index contributed by atoms with van der Waals surface area (Å²) < 4.78 is 28.7. The summed E-state index contributed by atoms with van der Waals surface area (Å²) in [6.07, 6.45) is 7.79. The number of hydrogen-bond acceptors (Lipinski definition) is 3. The van der Waals surface area contributed by atoms with Gasteiger partial charge in [-0.25, -0.2) is 8.42 Å². The Kier molecular flexibility index (Phi) is 5.73. The third-order valence-corrected chi connectivity index (χ3v) is 7.97. The number of carbonyl (C=O) groups excluding carboxylic acids is 1. The maximum absolute atomic E-state index is 12.9. The Labute approximate surface area is 163 Å². The molecule has 1 saturated heterocycles. The highest BCUT2D eigenvalue weighted by Crippen LogP contribution is 2.38. The molecule has 0 radical (unpaired) electrons. The van der Waals surface area contributed by atoms with E-state index in [0.29, 0.717) is 24.7 Å². The molecule has 152 valence electrons. The number of nitrogens with zero attached hydrogens (tertiary/aromatic N) is 2. The largest absolute Gasteiger partial charge is 0.348 e. The number of amides is 1. The molecule has 6 nitrogen and oxygen atoms in total. The quantitative estimate of drug-likeness (QED) is 0.851. The Balaban J connectivity index is 1.78. The summed E-state index contributed by atoms with van der Waals surface area (Å²) in [7, 11) is -1.77. The van der Waals surface area contributed by atoms with Crippen LogP contribution in [0.3, 0.4) is 0 Å². The van der Waals surface area contributed by atoms with Gasteiger partial charge in [0.05, 0.1) is 0 Å². The normalized spacial score (nSPS) is 24.9. The number of carbonyl (C=O) groups is 1. The fourth-order valence-electron chi connectivity index (χ4n) is 4.56. The van der Waals surface area contributed by atoms with Gasteiger partial charge in [-0.05, 0) is 43.1 Å². The van der Waals surface area contributed by atoms with Gasteiger partial charge in [0, 0.05) is 32.4 Å². The minimum absolute atomic E-state index is 0.136.